The zero-order valence-corrected chi connectivity index (χ0v) is 29.1. The smallest absolute Gasteiger partial charge is 0.186 e. The van der Waals surface area contributed by atoms with Gasteiger partial charge < -0.3 is 29.7 Å². The summed E-state index contributed by atoms with van der Waals surface area (Å²) >= 11 is 0. The van der Waals surface area contributed by atoms with E-state index in [-0.39, 0.29) is 23.6 Å². The number of ether oxygens (including phenoxy) is 2. The lowest BCUT2D eigenvalue weighted by molar-refractivity contribution is 0.0166. The van der Waals surface area contributed by atoms with Crippen molar-refractivity contribution >= 4 is 14.3 Å². The lowest BCUT2D eigenvalue weighted by Crippen LogP contribution is -2.36. The summed E-state index contributed by atoms with van der Waals surface area (Å²) in [7, 11) is 4.27. The fourth-order valence-corrected chi connectivity index (χ4v) is 6.94. The summed E-state index contributed by atoms with van der Waals surface area (Å²) in [4.78, 5) is 4.56. The Morgan fingerprint density at radius 2 is 1.95 bits per heavy atom. The van der Waals surface area contributed by atoms with Crippen LogP contribution in [0.2, 0.25) is 0 Å². The number of likely N-dealkylation sites (tertiary alicyclic amines) is 1. The van der Waals surface area contributed by atoms with Crippen molar-refractivity contribution in [1.82, 2.24) is 9.80 Å². The summed E-state index contributed by atoms with van der Waals surface area (Å²) in [5.74, 6) is 0.179. The molecule has 0 aromatic heterocycles. The number of methoxy groups -OCH3 is 1. The van der Waals surface area contributed by atoms with Crippen LogP contribution in [0.3, 0.4) is 0 Å². The predicted octanol–water partition coefficient (Wildman–Crippen LogP) is 9.11. The largest absolute Gasteiger partial charge is 0.513 e. The van der Waals surface area contributed by atoms with E-state index in [1.807, 2.05) is 45.7 Å². The number of nitrogens with zero attached hydrogens (tertiary/aromatic N) is 2. The maximum absolute atomic E-state index is 14.5. The van der Waals surface area contributed by atoms with Crippen LogP contribution >= 0.6 is 8.58 Å². The van der Waals surface area contributed by atoms with Gasteiger partial charge in [0.15, 0.2) is 5.88 Å². The summed E-state index contributed by atoms with van der Waals surface area (Å²) in [6, 6.07) is 4.95. The molecule has 6 nitrogen and oxygen atoms in total. The molecule has 0 saturated carbocycles. The number of hydrogen-bond donors (Lipinski definition) is 2. The molecule has 44 heavy (non-hydrogen) atoms. The molecule has 2 aliphatic rings. The van der Waals surface area contributed by atoms with Crippen LogP contribution in [0.25, 0.3) is 0 Å². The van der Waals surface area contributed by atoms with Gasteiger partial charge in [-0.05, 0) is 110 Å². The third-order valence-electron chi connectivity index (χ3n) is 7.90. The SMILES string of the molecule is C=C(O)Cc1ccc(N/C(C)=C/C=C2/CCN(C3=C(C)C(N(C)C(=C)OC(C)(C)C)=C(OC)PC3)C/C2=C(/C)CC)cc1F. The molecule has 8 heteroatoms. The summed E-state index contributed by atoms with van der Waals surface area (Å²) in [6.45, 7) is 24.1. The minimum atomic E-state index is -0.367. The van der Waals surface area contributed by atoms with Crippen LogP contribution in [0, 0.1) is 5.82 Å². The van der Waals surface area contributed by atoms with Gasteiger partial charge in [0.1, 0.15) is 16.9 Å². The Hall–Kier alpha value is -3.44. The number of piperidine rings is 1. The van der Waals surface area contributed by atoms with Gasteiger partial charge in [0.2, 0.25) is 0 Å². The minimum absolute atomic E-state index is 0.0551. The minimum Gasteiger partial charge on any atom is -0.513 e. The predicted molar refractivity (Wildman–Crippen MR) is 184 cm³/mol. The second-order valence-corrected chi connectivity index (χ2v) is 13.6. The van der Waals surface area contributed by atoms with E-state index in [0.29, 0.717) is 25.7 Å². The number of hydrogen-bond acceptors (Lipinski definition) is 6. The Bertz CT molecular complexity index is 1430. The number of aliphatic hydroxyl groups is 1. The monoisotopic (exact) mass is 623 g/mol. The van der Waals surface area contributed by atoms with E-state index >= 15 is 0 Å². The first-order chi connectivity index (χ1) is 20.6. The van der Waals surface area contributed by atoms with Gasteiger partial charge in [-0.25, -0.2) is 4.39 Å². The fourth-order valence-electron chi connectivity index (χ4n) is 5.45. The molecule has 0 spiro atoms. The first kappa shape index (κ1) is 35.0. The number of allylic oxidation sites excluding steroid dienone is 7. The third kappa shape index (κ3) is 9.04. The van der Waals surface area contributed by atoms with Crippen LogP contribution < -0.4 is 5.32 Å². The highest BCUT2D eigenvalue weighted by Crippen LogP contribution is 2.43. The quantitative estimate of drug-likeness (QED) is 0.189. The van der Waals surface area contributed by atoms with Crippen molar-refractivity contribution in [2.24, 2.45) is 0 Å². The van der Waals surface area contributed by atoms with Crippen molar-refractivity contribution in [3.63, 3.8) is 0 Å². The highest BCUT2D eigenvalue weighted by molar-refractivity contribution is 7.43. The molecule has 1 saturated heterocycles. The highest BCUT2D eigenvalue weighted by Gasteiger charge is 2.30. The van der Waals surface area contributed by atoms with Crippen molar-refractivity contribution < 1.29 is 19.0 Å². The van der Waals surface area contributed by atoms with Crippen LogP contribution in [-0.4, -0.2) is 53.9 Å². The van der Waals surface area contributed by atoms with Gasteiger partial charge in [-0.15, -0.1) is 0 Å². The van der Waals surface area contributed by atoms with Gasteiger partial charge in [-0.2, -0.15) is 0 Å². The number of nitrogens with one attached hydrogen (secondary N) is 1. The Morgan fingerprint density at radius 1 is 1.25 bits per heavy atom. The molecule has 0 bridgehead atoms. The molecular weight excluding hydrogens is 572 g/mol. The molecule has 2 heterocycles. The summed E-state index contributed by atoms with van der Waals surface area (Å²) in [6.07, 6.45) is 7.24. The lowest BCUT2D eigenvalue weighted by atomic mass is 9.91. The van der Waals surface area contributed by atoms with Crippen LogP contribution in [0.1, 0.15) is 66.9 Å². The standard InChI is InChI=1S/C36H51FN3O3P/c1-12-23(2)31-21-40(33-22-44-35(42-11)34(26(33)5)39(10)27(6)43-36(7,8)9)18-17-28(31)14-13-24(3)38-30-16-15-29(19-25(4)41)32(37)20-30/h13-16,20,38,41,44H,4,6,12,17-19,21-22H2,1-3,5,7-11H3/b24-13+,28-14-,31-23+. The van der Waals surface area contributed by atoms with Crippen molar-refractivity contribution in [2.45, 2.75) is 73.3 Å². The van der Waals surface area contributed by atoms with E-state index in [4.69, 9.17) is 9.47 Å². The number of anilines is 1. The first-order valence-electron chi connectivity index (χ1n) is 15.2. The van der Waals surface area contributed by atoms with Crippen LogP contribution in [0.15, 0.2) is 100 Å². The highest BCUT2D eigenvalue weighted by atomic mass is 31.1. The van der Waals surface area contributed by atoms with Crippen molar-refractivity contribution in [3.8, 4) is 0 Å². The van der Waals surface area contributed by atoms with E-state index in [9.17, 15) is 9.50 Å². The molecule has 1 fully saturated rings. The van der Waals surface area contributed by atoms with Crippen molar-refractivity contribution in [2.75, 3.05) is 38.7 Å². The van der Waals surface area contributed by atoms with Gasteiger partial charge in [-0.3, -0.25) is 0 Å². The number of benzene rings is 1. The Balaban J connectivity index is 1.84. The molecule has 2 N–H and O–H groups in total. The van der Waals surface area contributed by atoms with Gasteiger partial charge >= 0.3 is 0 Å². The molecular formula is C36H51FN3O3P. The molecule has 0 amide bonds. The number of aliphatic hydroxyl groups excluding tert-OH is 1. The molecule has 0 aliphatic carbocycles. The zero-order chi connectivity index (χ0) is 32.8. The van der Waals surface area contributed by atoms with Gasteiger partial charge in [0.05, 0.1) is 18.6 Å². The Labute approximate surface area is 266 Å². The fraction of sp³-hybridized carbons (Fsp3) is 0.444. The van der Waals surface area contributed by atoms with Crippen molar-refractivity contribution in [1.29, 1.82) is 0 Å². The van der Waals surface area contributed by atoms with Crippen LogP contribution in [-0.2, 0) is 15.9 Å². The maximum Gasteiger partial charge on any atom is 0.186 e. The Kier molecular flexibility index (Phi) is 12.0. The van der Waals surface area contributed by atoms with Gasteiger partial charge in [-0.1, -0.05) is 31.2 Å². The topological polar surface area (TPSA) is 57.2 Å². The van der Waals surface area contributed by atoms with E-state index in [1.165, 1.54) is 34.1 Å². The summed E-state index contributed by atoms with van der Waals surface area (Å²) in [5.41, 5.74) is 10.3. The number of halogens is 1. The van der Waals surface area contributed by atoms with Gasteiger partial charge in [0, 0.05) is 49.8 Å². The van der Waals surface area contributed by atoms with E-state index in [0.717, 1.165) is 49.0 Å². The zero-order valence-electron chi connectivity index (χ0n) is 28.1. The second-order valence-electron chi connectivity index (χ2n) is 12.5. The molecule has 0 radical (unpaired) electrons. The maximum atomic E-state index is 14.5. The van der Waals surface area contributed by atoms with Crippen molar-refractivity contribution in [3.05, 3.63) is 111 Å². The molecule has 1 atom stereocenters. The van der Waals surface area contributed by atoms with E-state index in [2.05, 4.69) is 56.3 Å². The molecule has 1 aromatic rings. The van der Waals surface area contributed by atoms with Crippen LogP contribution in [0.4, 0.5) is 10.1 Å². The molecule has 1 unspecified atom stereocenters. The molecule has 1 aromatic carbocycles. The average Bonchev–Trinajstić information content (AvgIpc) is 2.95. The molecule has 240 valence electrons. The lowest BCUT2D eigenvalue weighted by Gasteiger charge is -2.40. The number of rotatable bonds is 11. The Morgan fingerprint density at radius 3 is 2.55 bits per heavy atom. The summed E-state index contributed by atoms with van der Waals surface area (Å²) < 4.78 is 26.5. The van der Waals surface area contributed by atoms with Crippen LogP contribution in [0.5, 0.6) is 0 Å². The normalized spacial score (nSPS) is 19.0. The first-order valence-corrected chi connectivity index (χ1v) is 16.4. The van der Waals surface area contributed by atoms with Gasteiger partial charge in [0.25, 0.3) is 0 Å². The average molecular weight is 624 g/mol. The van der Waals surface area contributed by atoms with E-state index < -0.39 is 0 Å². The van der Waals surface area contributed by atoms with E-state index in [1.54, 1.807) is 13.2 Å². The third-order valence-corrected chi connectivity index (χ3v) is 9.17. The molecule has 2 aliphatic heterocycles. The second kappa shape index (κ2) is 15.0. The number of likely N-dealkylation sites (N-methyl/N-ethyl adjacent to an activating group) is 1. The summed E-state index contributed by atoms with van der Waals surface area (Å²) in [5, 5.41) is 12.7. The molecule has 3 rings (SSSR count).